The van der Waals surface area contributed by atoms with Gasteiger partial charge in [-0.25, -0.2) is 4.79 Å². The zero-order valence-corrected chi connectivity index (χ0v) is 10.3. The fraction of sp³-hybridized carbons (Fsp3) is 0.308. The average Bonchev–Trinajstić information content (AvgIpc) is 2.42. The Morgan fingerprint density at radius 3 is 2.68 bits per heavy atom. The second-order valence-electron chi connectivity index (χ2n) is 4.33. The molecule has 0 spiro atoms. The van der Waals surface area contributed by atoms with Crippen molar-refractivity contribution in [2.75, 3.05) is 11.9 Å². The molecule has 1 aromatic rings. The Labute approximate surface area is 110 Å². The van der Waals surface area contributed by atoms with Crippen molar-refractivity contribution in [1.29, 1.82) is 5.26 Å². The molecule has 19 heavy (non-hydrogen) atoms. The summed E-state index contributed by atoms with van der Waals surface area (Å²) in [5.41, 5.74) is 1.16. The summed E-state index contributed by atoms with van der Waals surface area (Å²) in [7, 11) is 0. The number of hydrogen-bond acceptors (Lipinski definition) is 3. The highest BCUT2D eigenvalue weighted by molar-refractivity contribution is 5.89. The minimum Gasteiger partial charge on any atom is -0.354 e. The summed E-state index contributed by atoms with van der Waals surface area (Å²) in [6, 6.07) is 8.26. The Morgan fingerprint density at radius 2 is 2.11 bits per heavy atom. The Kier molecular flexibility index (Phi) is 3.98. The first-order valence-electron chi connectivity index (χ1n) is 6.02. The maximum atomic E-state index is 11.7. The molecule has 1 unspecified atom stereocenters. The van der Waals surface area contributed by atoms with Gasteiger partial charge in [0.15, 0.2) is 0 Å². The molecule has 1 aliphatic heterocycles. The Hall–Kier alpha value is -2.55. The van der Waals surface area contributed by atoms with Gasteiger partial charge >= 0.3 is 6.03 Å². The molecule has 1 aromatic carbocycles. The van der Waals surface area contributed by atoms with E-state index in [1.807, 2.05) is 6.07 Å². The standard InChI is InChI=1S/C13H14N4O2/c14-7-9-1-3-10(4-2-9)16-13(19)17-11-5-6-12(18)15-8-11/h1-4,11H,5-6,8H2,(H,15,18)(H2,16,17,19). The molecule has 1 fully saturated rings. The van der Waals surface area contributed by atoms with Crippen LogP contribution in [0.5, 0.6) is 0 Å². The summed E-state index contributed by atoms with van der Waals surface area (Å²) in [4.78, 5) is 22.7. The van der Waals surface area contributed by atoms with Gasteiger partial charge in [-0.15, -0.1) is 0 Å². The van der Waals surface area contributed by atoms with Gasteiger partial charge < -0.3 is 16.0 Å². The third-order valence-corrected chi connectivity index (χ3v) is 2.87. The van der Waals surface area contributed by atoms with Crippen molar-refractivity contribution in [2.24, 2.45) is 0 Å². The lowest BCUT2D eigenvalue weighted by Gasteiger charge is -2.23. The lowest BCUT2D eigenvalue weighted by Crippen LogP contribution is -2.48. The van der Waals surface area contributed by atoms with E-state index in [1.165, 1.54) is 0 Å². The highest BCUT2D eigenvalue weighted by atomic mass is 16.2. The third kappa shape index (κ3) is 3.71. The molecule has 0 aliphatic carbocycles. The van der Waals surface area contributed by atoms with Crippen LogP contribution in [0.15, 0.2) is 24.3 Å². The van der Waals surface area contributed by atoms with Crippen LogP contribution in [0.25, 0.3) is 0 Å². The third-order valence-electron chi connectivity index (χ3n) is 2.87. The van der Waals surface area contributed by atoms with E-state index in [2.05, 4.69) is 16.0 Å². The summed E-state index contributed by atoms with van der Waals surface area (Å²) < 4.78 is 0. The van der Waals surface area contributed by atoms with Gasteiger partial charge in [-0.05, 0) is 30.7 Å². The second-order valence-corrected chi connectivity index (χ2v) is 4.33. The molecule has 0 radical (unpaired) electrons. The molecule has 3 amide bonds. The van der Waals surface area contributed by atoms with Crippen LogP contribution in [0.3, 0.4) is 0 Å². The van der Waals surface area contributed by atoms with Gasteiger partial charge in [-0.2, -0.15) is 5.26 Å². The van der Waals surface area contributed by atoms with E-state index >= 15 is 0 Å². The zero-order chi connectivity index (χ0) is 13.7. The maximum Gasteiger partial charge on any atom is 0.319 e. The van der Waals surface area contributed by atoms with Gasteiger partial charge in [-0.1, -0.05) is 0 Å². The van der Waals surface area contributed by atoms with Crippen LogP contribution < -0.4 is 16.0 Å². The van der Waals surface area contributed by atoms with Crippen LogP contribution in [-0.4, -0.2) is 24.5 Å². The minimum absolute atomic E-state index is 0.0190. The van der Waals surface area contributed by atoms with Gasteiger partial charge in [-0.3, -0.25) is 4.79 Å². The van der Waals surface area contributed by atoms with Crippen LogP contribution in [0.1, 0.15) is 18.4 Å². The normalized spacial score (nSPS) is 18.1. The van der Waals surface area contributed by atoms with Gasteiger partial charge in [0.25, 0.3) is 0 Å². The molecule has 1 aliphatic rings. The highest BCUT2D eigenvalue weighted by Crippen LogP contribution is 2.09. The summed E-state index contributed by atoms with van der Waals surface area (Å²) >= 11 is 0. The largest absolute Gasteiger partial charge is 0.354 e. The molecule has 1 atom stereocenters. The van der Waals surface area contributed by atoms with E-state index in [0.29, 0.717) is 30.6 Å². The van der Waals surface area contributed by atoms with Crippen LogP contribution in [0.2, 0.25) is 0 Å². The van der Waals surface area contributed by atoms with Crippen LogP contribution in [0.4, 0.5) is 10.5 Å². The number of urea groups is 1. The lowest BCUT2D eigenvalue weighted by atomic mass is 10.1. The summed E-state index contributed by atoms with van der Waals surface area (Å²) in [5.74, 6) is 0.0190. The molecule has 0 saturated carbocycles. The van der Waals surface area contributed by atoms with E-state index in [9.17, 15) is 9.59 Å². The summed E-state index contributed by atoms with van der Waals surface area (Å²) in [6.07, 6.45) is 1.08. The molecule has 6 nitrogen and oxygen atoms in total. The second kappa shape index (κ2) is 5.87. The fourth-order valence-corrected chi connectivity index (χ4v) is 1.84. The molecule has 6 heteroatoms. The number of amides is 3. The summed E-state index contributed by atoms with van der Waals surface area (Å²) in [5, 5.41) is 16.8. The lowest BCUT2D eigenvalue weighted by molar-refractivity contribution is -0.122. The number of nitrogens with zero attached hydrogens (tertiary/aromatic N) is 1. The molecule has 1 heterocycles. The first kappa shape index (κ1) is 12.9. The van der Waals surface area contributed by atoms with Crippen LogP contribution in [0, 0.1) is 11.3 Å². The van der Waals surface area contributed by atoms with Gasteiger partial charge in [0.2, 0.25) is 5.91 Å². The Bertz CT molecular complexity index is 508. The number of nitrogens with one attached hydrogen (secondary N) is 3. The summed E-state index contributed by atoms with van der Waals surface area (Å²) in [6.45, 7) is 0.458. The number of carbonyl (C=O) groups is 2. The van der Waals surface area contributed by atoms with Crippen LogP contribution in [-0.2, 0) is 4.79 Å². The van der Waals surface area contributed by atoms with Crippen molar-refractivity contribution < 1.29 is 9.59 Å². The highest BCUT2D eigenvalue weighted by Gasteiger charge is 2.19. The topological polar surface area (TPSA) is 94.0 Å². The van der Waals surface area contributed by atoms with Crippen molar-refractivity contribution in [1.82, 2.24) is 10.6 Å². The SMILES string of the molecule is N#Cc1ccc(NC(=O)NC2CCC(=O)NC2)cc1. The number of rotatable bonds is 2. The Morgan fingerprint density at radius 1 is 1.37 bits per heavy atom. The van der Waals surface area contributed by atoms with Crippen molar-refractivity contribution in [3.8, 4) is 6.07 Å². The van der Waals surface area contributed by atoms with E-state index in [1.54, 1.807) is 24.3 Å². The fourth-order valence-electron chi connectivity index (χ4n) is 1.84. The minimum atomic E-state index is -0.314. The molecule has 0 aromatic heterocycles. The predicted molar refractivity (Wildman–Crippen MR) is 69.3 cm³/mol. The average molecular weight is 258 g/mol. The zero-order valence-electron chi connectivity index (χ0n) is 10.3. The quantitative estimate of drug-likeness (QED) is 0.737. The number of nitriles is 1. The van der Waals surface area contributed by atoms with Crippen LogP contribution >= 0.6 is 0 Å². The van der Waals surface area contributed by atoms with E-state index in [-0.39, 0.29) is 18.0 Å². The van der Waals surface area contributed by atoms with E-state index < -0.39 is 0 Å². The predicted octanol–water partition coefficient (Wildman–Crippen LogP) is 0.958. The molecule has 3 N–H and O–H groups in total. The van der Waals surface area contributed by atoms with Crippen molar-refractivity contribution in [3.05, 3.63) is 29.8 Å². The smallest absolute Gasteiger partial charge is 0.319 e. The number of piperidine rings is 1. The monoisotopic (exact) mass is 258 g/mol. The molecule has 0 bridgehead atoms. The van der Waals surface area contributed by atoms with Gasteiger partial charge in [0.1, 0.15) is 0 Å². The number of benzene rings is 1. The molecule has 98 valence electrons. The molecular formula is C13H14N4O2. The number of anilines is 1. The van der Waals surface area contributed by atoms with Crippen molar-refractivity contribution >= 4 is 17.6 Å². The van der Waals surface area contributed by atoms with E-state index in [4.69, 9.17) is 5.26 Å². The first-order chi connectivity index (χ1) is 9.17. The van der Waals surface area contributed by atoms with Gasteiger partial charge in [0, 0.05) is 24.7 Å². The van der Waals surface area contributed by atoms with Crippen molar-refractivity contribution in [3.63, 3.8) is 0 Å². The maximum absolute atomic E-state index is 11.7. The molecular weight excluding hydrogens is 244 g/mol. The molecule has 1 saturated heterocycles. The number of hydrogen-bond donors (Lipinski definition) is 3. The Balaban J connectivity index is 1.83. The van der Waals surface area contributed by atoms with E-state index in [0.717, 1.165) is 0 Å². The molecule has 2 rings (SSSR count). The number of carbonyl (C=O) groups excluding carboxylic acids is 2. The van der Waals surface area contributed by atoms with Gasteiger partial charge in [0.05, 0.1) is 11.6 Å². The first-order valence-corrected chi connectivity index (χ1v) is 6.02. The van der Waals surface area contributed by atoms with Crippen molar-refractivity contribution in [2.45, 2.75) is 18.9 Å².